The lowest BCUT2D eigenvalue weighted by atomic mass is 9.82. The number of nitrogens with one attached hydrogen (secondary N) is 1. The molecule has 0 aromatic heterocycles. The Balaban J connectivity index is 1.86. The zero-order valence-corrected chi connectivity index (χ0v) is 9.49. The molecule has 1 aromatic rings. The molecule has 0 radical (unpaired) electrons. The van der Waals surface area contributed by atoms with Crippen molar-refractivity contribution in [3.8, 4) is 6.07 Å². The van der Waals surface area contributed by atoms with Crippen molar-refractivity contribution < 1.29 is 9.50 Å². The molecule has 0 amide bonds. The molecule has 0 atom stereocenters. The Labute approximate surface area is 99.9 Å². The summed E-state index contributed by atoms with van der Waals surface area (Å²) in [5, 5.41) is 21.2. The highest BCUT2D eigenvalue weighted by Crippen LogP contribution is 2.26. The molecular weight excluding hydrogens is 219 g/mol. The van der Waals surface area contributed by atoms with Crippen LogP contribution >= 0.6 is 0 Å². The first-order valence-corrected chi connectivity index (χ1v) is 5.76. The number of hydrogen-bond acceptors (Lipinski definition) is 3. The molecule has 4 heteroatoms. The van der Waals surface area contributed by atoms with E-state index in [9.17, 15) is 4.39 Å². The van der Waals surface area contributed by atoms with E-state index in [2.05, 4.69) is 5.32 Å². The third-order valence-electron chi connectivity index (χ3n) is 3.15. The molecule has 3 nitrogen and oxygen atoms in total. The van der Waals surface area contributed by atoms with E-state index in [0.717, 1.165) is 19.4 Å². The minimum absolute atomic E-state index is 0.148. The fourth-order valence-corrected chi connectivity index (χ4v) is 2.10. The van der Waals surface area contributed by atoms with E-state index in [1.54, 1.807) is 0 Å². The van der Waals surface area contributed by atoms with E-state index in [4.69, 9.17) is 10.4 Å². The van der Waals surface area contributed by atoms with Crippen LogP contribution in [-0.4, -0.2) is 17.8 Å². The molecule has 2 rings (SSSR count). The smallest absolute Gasteiger partial charge is 0.123 e. The summed E-state index contributed by atoms with van der Waals surface area (Å²) in [4.78, 5) is 0. The highest BCUT2D eigenvalue weighted by Gasteiger charge is 2.26. The van der Waals surface area contributed by atoms with E-state index in [-0.39, 0.29) is 11.9 Å². The predicted molar refractivity (Wildman–Crippen MR) is 61.6 cm³/mol. The molecule has 90 valence electrons. The van der Waals surface area contributed by atoms with Gasteiger partial charge in [0.2, 0.25) is 0 Å². The molecule has 1 saturated carbocycles. The number of rotatable bonds is 4. The SMILES string of the molecule is N#Cc1ccc(F)cc1CNCC1CC(O)C1. The standard InChI is InChI=1S/C13H15FN2O/c14-12-2-1-10(6-15)11(5-12)8-16-7-9-3-13(17)4-9/h1-2,5,9,13,16-17H,3-4,7-8H2. The maximum Gasteiger partial charge on any atom is 0.123 e. The molecule has 0 heterocycles. The Bertz CT molecular complexity index is 436. The Morgan fingerprint density at radius 2 is 2.24 bits per heavy atom. The van der Waals surface area contributed by atoms with Crippen LogP contribution in [-0.2, 0) is 6.54 Å². The lowest BCUT2D eigenvalue weighted by molar-refractivity contribution is 0.0430. The molecule has 0 unspecified atom stereocenters. The molecule has 1 aliphatic rings. The molecule has 0 spiro atoms. The van der Waals surface area contributed by atoms with Crippen molar-refractivity contribution in [2.75, 3.05) is 6.54 Å². The molecule has 17 heavy (non-hydrogen) atoms. The highest BCUT2D eigenvalue weighted by atomic mass is 19.1. The first kappa shape index (κ1) is 12.0. The van der Waals surface area contributed by atoms with Gasteiger partial charge in [0.15, 0.2) is 0 Å². The Morgan fingerprint density at radius 3 is 2.88 bits per heavy atom. The largest absolute Gasteiger partial charge is 0.393 e. The molecule has 1 aliphatic carbocycles. The molecular formula is C13H15FN2O. The minimum Gasteiger partial charge on any atom is -0.393 e. The van der Waals surface area contributed by atoms with Gasteiger partial charge in [0.05, 0.1) is 17.7 Å². The summed E-state index contributed by atoms with van der Waals surface area (Å²) in [6, 6.07) is 6.23. The van der Waals surface area contributed by atoms with Crippen molar-refractivity contribution >= 4 is 0 Å². The maximum atomic E-state index is 13.0. The van der Waals surface area contributed by atoms with Gasteiger partial charge in [-0.15, -0.1) is 0 Å². The first-order chi connectivity index (χ1) is 8.19. The molecule has 0 bridgehead atoms. The number of aliphatic hydroxyl groups excluding tert-OH is 1. The van der Waals surface area contributed by atoms with Crippen molar-refractivity contribution in [3.63, 3.8) is 0 Å². The third-order valence-corrected chi connectivity index (χ3v) is 3.15. The number of hydrogen-bond donors (Lipinski definition) is 2. The van der Waals surface area contributed by atoms with Crippen molar-refractivity contribution in [3.05, 3.63) is 35.1 Å². The van der Waals surface area contributed by atoms with E-state index in [1.807, 2.05) is 6.07 Å². The molecule has 1 fully saturated rings. The Hall–Kier alpha value is -1.44. The minimum atomic E-state index is -0.320. The van der Waals surface area contributed by atoms with Crippen molar-refractivity contribution in [2.24, 2.45) is 5.92 Å². The van der Waals surface area contributed by atoms with E-state index >= 15 is 0 Å². The van der Waals surface area contributed by atoms with Gasteiger partial charge in [0.1, 0.15) is 5.82 Å². The summed E-state index contributed by atoms with van der Waals surface area (Å²) in [6.07, 6.45) is 1.52. The van der Waals surface area contributed by atoms with Crippen LogP contribution in [0.15, 0.2) is 18.2 Å². The van der Waals surface area contributed by atoms with Crippen molar-refractivity contribution in [2.45, 2.75) is 25.5 Å². The lowest BCUT2D eigenvalue weighted by Gasteiger charge is -2.31. The highest BCUT2D eigenvalue weighted by molar-refractivity contribution is 5.37. The van der Waals surface area contributed by atoms with Gasteiger partial charge in [-0.2, -0.15) is 5.26 Å². The summed E-state index contributed by atoms with van der Waals surface area (Å²) in [5.41, 5.74) is 1.19. The predicted octanol–water partition coefficient (Wildman–Crippen LogP) is 1.56. The summed E-state index contributed by atoms with van der Waals surface area (Å²) in [5.74, 6) is 0.184. The number of benzene rings is 1. The number of nitriles is 1. The van der Waals surface area contributed by atoms with Crippen molar-refractivity contribution in [1.29, 1.82) is 5.26 Å². The summed E-state index contributed by atoms with van der Waals surface area (Å²) in [7, 11) is 0. The van der Waals surface area contributed by atoms with Crippen molar-refractivity contribution in [1.82, 2.24) is 5.32 Å². The van der Waals surface area contributed by atoms with E-state index in [1.165, 1.54) is 18.2 Å². The van der Waals surface area contributed by atoms with Gasteiger partial charge >= 0.3 is 0 Å². The summed E-state index contributed by atoms with van der Waals surface area (Å²) >= 11 is 0. The Morgan fingerprint density at radius 1 is 1.47 bits per heavy atom. The van der Waals surface area contributed by atoms with Crippen LogP contribution in [0.4, 0.5) is 4.39 Å². The van der Waals surface area contributed by atoms with Gasteiger partial charge in [-0.3, -0.25) is 0 Å². The summed E-state index contributed by atoms with van der Waals surface area (Å²) in [6.45, 7) is 1.30. The second-order valence-corrected chi connectivity index (χ2v) is 4.54. The summed E-state index contributed by atoms with van der Waals surface area (Å²) < 4.78 is 13.0. The molecule has 2 N–H and O–H groups in total. The van der Waals surface area contributed by atoms with Crippen LogP contribution < -0.4 is 5.32 Å². The lowest BCUT2D eigenvalue weighted by Crippen LogP contribution is -2.36. The first-order valence-electron chi connectivity index (χ1n) is 5.76. The van der Waals surface area contributed by atoms with Gasteiger partial charge in [0, 0.05) is 6.54 Å². The van der Waals surface area contributed by atoms with Crippen LogP contribution in [0, 0.1) is 23.1 Å². The average Bonchev–Trinajstić information content (AvgIpc) is 2.27. The quantitative estimate of drug-likeness (QED) is 0.831. The normalized spacial score (nSPS) is 22.9. The van der Waals surface area contributed by atoms with Crippen LogP contribution in [0.25, 0.3) is 0 Å². The maximum absolute atomic E-state index is 13.0. The van der Waals surface area contributed by atoms with Gasteiger partial charge < -0.3 is 10.4 Å². The van der Waals surface area contributed by atoms with Crippen LogP contribution in [0.1, 0.15) is 24.0 Å². The fraction of sp³-hybridized carbons (Fsp3) is 0.462. The van der Waals surface area contributed by atoms with Crippen LogP contribution in [0.2, 0.25) is 0 Å². The zero-order chi connectivity index (χ0) is 12.3. The van der Waals surface area contributed by atoms with Gasteiger partial charge in [-0.1, -0.05) is 0 Å². The zero-order valence-electron chi connectivity index (χ0n) is 9.49. The Kier molecular flexibility index (Phi) is 3.72. The van der Waals surface area contributed by atoms with E-state index < -0.39 is 0 Å². The second kappa shape index (κ2) is 5.26. The fourth-order valence-electron chi connectivity index (χ4n) is 2.10. The van der Waals surface area contributed by atoms with E-state index in [0.29, 0.717) is 23.6 Å². The van der Waals surface area contributed by atoms with Crippen LogP contribution in [0.5, 0.6) is 0 Å². The topological polar surface area (TPSA) is 56.0 Å². The monoisotopic (exact) mass is 234 g/mol. The molecule has 0 saturated heterocycles. The second-order valence-electron chi connectivity index (χ2n) is 4.54. The molecule has 1 aromatic carbocycles. The number of halogens is 1. The van der Waals surface area contributed by atoms with Gasteiger partial charge in [0.25, 0.3) is 0 Å². The average molecular weight is 234 g/mol. The number of aliphatic hydroxyl groups is 1. The van der Waals surface area contributed by atoms with Crippen LogP contribution in [0.3, 0.4) is 0 Å². The number of nitrogens with zero attached hydrogens (tertiary/aromatic N) is 1. The van der Waals surface area contributed by atoms with Gasteiger partial charge in [-0.05, 0) is 49.1 Å². The molecule has 0 aliphatic heterocycles. The van der Waals surface area contributed by atoms with Gasteiger partial charge in [-0.25, -0.2) is 4.39 Å². The third kappa shape index (κ3) is 3.02.